The monoisotopic (exact) mass is 229 g/mol. The van der Waals surface area contributed by atoms with Gasteiger partial charge in [0.15, 0.2) is 0 Å². The third kappa shape index (κ3) is 2.28. The lowest BCUT2D eigenvalue weighted by molar-refractivity contribution is -0.124. The normalized spacial score (nSPS) is 18.5. The van der Waals surface area contributed by atoms with Crippen LogP contribution in [0.5, 0.6) is 0 Å². The van der Waals surface area contributed by atoms with E-state index in [1.807, 2.05) is 44.2 Å². The molecule has 0 saturated carbocycles. The highest BCUT2D eigenvalue weighted by Gasteiger charge is 2.28. The molecule has 17 heavy (non-hydrogen) atoms. The summed E-state index contributed by atoms with van der Waals surface area (Å²) in [6, 6.07) is 9.75. The summed E-state index contributed by atoms with van der Waals surface area (Å²) in [5.41, 5.74) is 2.59. The van der Waals surface area contributed by atoms with Crippen LogP contribution in [-0.2, 0) is 9.59 Å². The summed E-state index contributed by atoms with van der Waals surface area (Å²) in [4.78, 5) is 23.0. The molecule has 1 aromatic rings. The molecule has 0 radical (unpaired) electrons. The summed E-state index contributed by atoms with van der Waals surface area (Å²) in [6.45, 7) is 4.07. The Balaban J connectivity index is 2.53. The van der Waals surface area contributed by atoms with Gasteiger partial charge in [0.25, 0.3) is 5.91 Å². The van der Waals surface area contributed by atoms with E-state index in [2.05, 4.69) is 5.32 Å². The molecule has 1 aromatic carbocycles. The number of rotatable bonds is 2. The minimum Gasteiger partial charge on any atom is -0.292 e. The predicted molar refractivity (Wildman–Crippen MR) is 66.0 cm³/mol. The second-order valence-corrected chi connectivity index (χ2v) is 4.47. The number of allylic oxidation sites excluding steroid dienone is 1. The maximum atomic E-state index is 11.7. The van der Waals surface area contributed by atoms with E-state index in [1.165, 1.54) is 0 Å². The van der Waals surface area contributed by atoms with Crippen LogP contribution in [0.2, 0.25) is 0 Å². The van der Waals surface area contributed by atoms with Crippen LogP contribution < -0.4 is 5.32 Å². The van der Waals surface area contributed by atoms with Crippen molar-refractivity contribution in [3.8, 4) is 0 Å². The molecule has 1 aliphatic rings. The largest absolute Gasteiger partial charge is 0.292 e. The summed E-state index contributed by atoms with van der Waals surface area (Å²) in [5.74, 6) is -0.245. The van der Waals surface area contributed by atoms with Crippen LogP contribution >= 0.6 is 0 Å². The van der Waals surface area contributed by atoms with Crippen LogP contribution in [0.3, 0.4) is 0 Å². The lowest BCUT2D eigenvalue weighted by Gasteiger charge is -2.14. The van der Waals surface area contributed by atoms with Gasteiger partial charge in [0.2, 0.25) is 5.91 Å². The van der Waals surface area contributed by atoms with Gasteiger partial charge in [-0.25, -0.2) is 0 Å². The number of nitrogens with one attached hydrogen (secondary N) is 1. The van der Waals surface area contributed by atoms with Crippen LogP contribution in [0, 0.1) is 5.92 Å². The predicted octanol–water partition coefficient (Wildman–Crippen LogP) is 2.14. The first kappa shape index (κ1) is 11.6. The number of carbonyl (C=O) groups is 2. The smallest absolute Gasteiger partial charge is 0.254 e. The lowest BCUT2D eigenvalue weighted by Crippen LogP contribution is -2.20. The Labute approximate surface area is 101 Å². The number of benzene rings is 1. The molecule has 1 heterocycles. The quantitative estimate of drug-likeness (QED) is 0.624. The summed E-state index contributed by atoms with van der Waals surface area (Å²) < 4.78 is 0. The Morgan fingerprint density at radius 2 is 1.82 bits per heavy atom. The molecule has 0 unspecified atom stereocenters. The molecular weight excluding hydrogens is 214 g/mol. The highest BCUT2D eigenvalue weighted by atomic mass is 16.2. The molecule has 3 heteroatoms. The van der Waals surface area contributed by atoms with Gasteiger partial charge in [-0.1, -0.05) is 44.2 Å². The van der Waals surface area contributed by atoms with E-state index in [1.54, 1.807) is 0 Å². The van der Waals surface area contributed by atoms with E-state index in [0.29, 0.717) is 5.57 Å². The highest BCUT2D eigenvalue weighted by molar-refractivity contribution is 6.17. The third-order valence-corrected chi connectivity index (χ3v) is 2.85. The van der Waals surface area contributed by atoms with E-state index in [-0.39, 0.29) is 24.2 Å². The Morgan fingerprint density at radius 3 is 2.29 bits per heavy atom. The fraction of sp³-hybridized carbons (Fsp3) is 0.286. The molecule has 1 aliphatic heterocycles. The number of hydrogen-bond acceptors (Lipinski definition) is 2. The Hall–Kier alpha value is -1.90. The molecule has 2 amide bonds. The molecule has 0 aromatic heterocycles. The minimum atomic E-state index is -0.248. The standard InChI is InChI=1S/C14H15NO2/c1-9(2)13(10-6-4-3-5-7-10)11-8-12(16)15-14(11)17/h3-7,9H,8H2,1-2H3,(H,15,16,17)/b13-11+. The van der Waals surface area contributed by atoms with E-state index in [4.69, 9.17) is 0 Å². The van der Waals surface area contributed by atoms with Crippen molar-refractivity contribution >= 4 is 17.4 Å². The highest BCUT2D eigenvalue weighted by Crippen LogP contribution is 2.30. The van der Waals surface area contributed by atoms with Crippen molar-refractivity contribution in [1.82, 2.24) is 5.32 Å². The van der Waals surface area contributed by atoms with Gasteiger partial charge in [0, 0.05) is 5.57 Å². The molecule has 0 aliphatic carbocycles. The number of imide groups is 1. The van der Waals surface area contributed by atoms with Crippen LogP contribution in [0.1, 0.15) is 25.8 Å². The van der Waals surface area contributed by atoms with Gasteiger partial charge in [-0.05, 0) is 17.1 Å². The molecule has 88 valence electrons. The first-order chi connectivity index (χ1) is 8.09. The molecule has 1 fully saturated rings. The van der Waals surface area contributed by atoms with Gasteiger partial charge in [-0.2, -0.15) is 0 Å². The minimum absolute atomic E-state index is 0.196. The zero-order valence-corrected chi connectivity index (χ0v) is 9.99. The van der Waals surface area contributed by atoms with Crippen molar-refractivity contribution in [3.05, 3.63) is 41.5 Å². The molecule has 0 bridgehead atoms. The topological polar surface area (TPSA) is 46.2 Å². The zero-order chi connectivity index (χ0) is 12.4. The Kier molecular flexibility index (Phi) is 3.09. The zero-order valence-electron chi connectivity index (χ0n) is 9.99. The summed E-state index contributed by atoms with van der Waals surface area (Å²) >= 11 is 0. The van der Waals surface area contributed by atoms with Crippen LogP contribution in [0.25, 0.3) is 5.57 Å². The fourth-order valence-electron chi connectivity index (χ4n) is 2.18. The number of amides is 2. The van der Waals surface area contributed by atoms with Gasteiger partial charge in [0.05, 0.1) is 6.42 Å². The second kappa shape index (κ2) is 4.53. The van der Waals surface area contributed by atoms with Crippen molar-refractivity contribution in [2.45, 2.75) is 20.3 Å². The van der Waals surface area contributed by atoms with Crippen molar-refractivity contribution in [2.75, 3.05) is 0 Å². The average Bonchev–Trinajstić information content (AvgIpc) is 2.59. The van der Waals surface area contributed by atoms with Crippen molar-refractivity contribution < 1.29 is 9.59 Å². The Morgan fingerprint density at radius 1 is 1.18 bits per heavy atom. The van der Waals surface area contributed by atoms with Gasteiger partial charge < -0.3 is 0 Å². The summed E-state index contributed by atoms with van der Waals surface area (Å²) in [6.07, 6.45) is 0.196. The average molecular weight is 229 g/mol. The second-order valence-electron chi connectivity index (χ2n) is 4.47. The molecule has 1 N–H and O–H groups in total. The van der Waals surface area contributed by atoms with Gasteiger partial charge in [-0.15, -0.1) is 0 Å². The van der Waals surface area contributed by atoms with Gasteiger partial charge in [0.1, 0.15) is 0 Å². The van der Waals surface area contributed by atoms with E-state index < -0.39 is 0 Å². The van der Waals surface area contributed by atoms with Crippen molar-refractivity contribution in [2.24, 2.45) is 5.92 Å². The van der Waals surface area contributed by atoms with Gasteiger partial charge >= 0.3 is 0 Å². The SMILES string of the molecule is CC(C)/C(=C1/CC(=O)NC1=O)c1ccccc1. The van der Waals surface area contributed by atoms with Crippen LogP contribution in [0.15, 0.2) is 35.9 Å². The molecule has 3 nitrogen and oxygen atoms in total. The Bertz CT molecular complexity index is 486. The first-order valence-corrected chi connectivity index (χ1v) is 5.72. The molecule has 0 spiro atoms. The van der Waals surface area contributed by atoms with E-state index in [9.17, 15) is 9.59 Å². The van der Waals surface area contributed by atoms with Crippen molar-refractivity contribution in [1.29, 1.82) is 0 Å². The summed E-state index contributed by atoms with van der Waals surface area (Å²) in [5, 5.41) is 2.34. The first-order valence-electron chi connectivity index (χ1n) is 5.72. The molecule has 1 saturated heterocycles. The summed E-state index contributed by atoms with van der Waals surface area (Å²) in [7, 11) is 0. The number of hydrogen-bond donors (Lipinski definition) is 1. The van der Waals surface area contributed by atoms with Crippen LogP contribution in [0.4, 0.5) is 0 Å². The van der Waals surface area contributed by atoms with E-state index in [0.717, 1.165) is 11.1 Å². The van der Waals surface area contributed by atoms with E-state index >= 15 is 0 Å². The molecule has 0 atom stereocenters. The fourth-order valence-corrected chi connectivity index (χ4v) is 2.18. The van der Waals surface area contributed by atoms with Crippen molar-refractivity contribution in [3.63, 3.8) is 0 Å². The lowest BCUT2D eigenvalue weighted by atomic mass is 9.90. The molecular formula is C14H15NO2. The maximum absolute atomic E-state index is 11.7. The maximum Gasteiger partial charge on any atom is 0.254 e. The van der Waals surface area contributed by atoms with Crippen LogP contribution in [-0.4, -0.2) is 11.8 Å². The molecule has 2 rings (SSSR count). The third-order valence-electron chi connectivity index (χ3n) is 2.85. The number of carbonyl (C=O) groups excluding carboxylic acids is 2. The van der Waals surface area contributed by atoms with Gasteiger partial charge in [-0.3, -0.25) is 14.9 Å².